The number of hydrogen-bond donors (Lipinski definition) is 0. The standard InChI is InChI=1S/C21H21NO/c1-21(2,3)20(23)22-15-14-18-17(10-7-11-19(18)22)13-12-16-8-5-4-6-9-16/h4-15H,1-3H3/b13-12+. The topological polar surface area (TPSA) is 22.0 Å². The molecule has 0 spiro atoms. The van der Waals surface area contributed by atoms with Crippen molar-refractivity contribution >= 4 is 29.0 Å². The molecule has 2 nitrogen and oxygen atoms in total. The van der Waals surface area contributed by atoms with E-state index in [1.807, 2.05) is 63.4 Å². The van der Waals surface area contributed by atoms with E-state index in [4.69, 9.17) is 0 Å². The Labute approximate surface area is 137 Å². The molecule has 0 aliphatic carbocycles. The smallest absolute Gasteiger partial charge is 0.236 e. The summed E-state index contributed by atoms with van der Waals surface area (Å²) in [6.45, 7) is 5.83. The Morgan fingerprint density at radius 1 is 0.913 bits per heavy atom. The Balaban J connectivity index is 2.03. The minimum absolute atomic E-state index is 0.108. The lowest BCUT2D eigenvalue weighted by atomic mass is 9.95. The predicted molar refractivity (Wildman–Crippen MR) is 97.4 cm³/mol. The third kappa shape index (κ3) is 3.11. The minimum Gasteiger partial charge on any atom is -0.287 e. The summed E-state index contributed by atoms with van der Waals surface area (Å²) in [6, 6.07) is 18.3. The summed E-state index contributed by atoms with van der Waals surface area (Å²) in [7, 11) is 0. The van der Waals surface area contributed by atoms with Gasteiger partial charge in [0.1, 0.15) is 0 Å². The normalized spacial score (nSPS) is 12.1. The number of benzene rings is 2. The lowest BCUT2D eigenvalue weighted by molar-refractivity contribution is 0.0772. The molecule has 0 saturated heterocycles. The molecule has 2 aromatic carbocycles. The maximum atomic E-state index is 12.6. The molecule has 0 aliphatic rings. The molecular weight excluding hydrogens is 282 g/mol. The van der Waals surface area contributed by atoms with E-state index in [-0.39, 0.29) is 5.91 Å². The van der Waals surface area contributed by atoms with Gasteiger partial charge in [0.15, 0.2) is 0 Å². The van der Waals surface area contributed by atoms with Crippen LogP contribution in [0.5, 0.6) is 0 Å². The van der Waals surface area contributed by atoms with Gasteiger partial charge in [-0.25, -0.2) is 0 Å². The van der Waals surface area contributed by atoms with Crippen LogP contribution >= 0.6 is 0 Å². The van der Waals surface area contributed by atoms with E-state index in [1.54, 1.807) is 4.57 Å². The first-order valence-electron chi connectivity index (χ1n) is 7.85. The van der Waals surface area contributed by atoms with Gasteiger partial charge in [-0.15, -0.1) is 0 Å². The Kier molecular flexibility index (Phi) is 3.91. The Bertz CT molecular complexity index is 864. The SMILES string of the molecule is CC(C)(C)C(=O)n1ccc2c(/C=C/c3ccccc3)cccc21. The number of fused-ring (bicyclic) bond motifs is 1. The highest BCUT2D eigenvalue weighted by atomic mass is 16.2. The summed E-state index contributed by atoms with van der Waals surface area (Å²) in [4.78, 5) is 12.6. The van der Waals surface area contributed by atoms with E-state index in [2.05, 4.69) is 30.4 Å². The van der Waals surface area contributed by atoms with Crippen molar-refractivity contribution in [2.24, 2.45) is 5.41 Å². The first-order chi connectivity index (χ1) is 11.0. The molecule has 0 unspecified atom stereocenters. The second kappa shape index (κ2) is 5.88. The third-order valence-electron chi connectivity index (χ3n) is 3.88. The number of hydrogen-bond acceptors (Lipinski definition) is 1. The first kappa shape index (κ1) is 15.3. The second-order valence-corrected chi connectivity index (χ2v) is 6.76. The van der Waals surface area contributed by atoms with Gasteiger partial charge in [0.25, 0.3) is 0 Å². The molecule has 0 bridgehead atoms. The molecule has 2 heteroatoms. The summed E-state index contributed by atoms with van der Waals surface area (Å²) in [5.74, 6) is 0.108. The van der Waals surface area contributed by atoms with Crippen LogP contribution in [0.2, 0.25) is 0 Å². The fourth-order valence-electron chi connectivity index (χ4n) is 2.63. The van der Waals surface area contributed by atoms with Gasteiger partial charge in [-0.1, -0.05) is 75.4 Å². The summed E-state index contributed by atoms with van der Waals surface area (Å²) < 4.78 is 1.76. The highest BCUT2D eigenvalue weighted by Crippen LogP contribution is 2.25. The van der Waals surface area contributed by atoms with Gasteiger partial charge in [0.05, 0.1) is 5.52 Å². The number of nitrogens with zero attached hydrogens (tertiary/aromatic N) is 1. The van der Waals surface area contributed by atoms with Crippen LogP contribution in [-0.2, 0) is 0 Å². The first-order valence-corrected chi connectivity index (χ1v) is 7.85. The van der Waals surface area contributed by atoms with Crippen LogP contribution in [0.15, 0.2) is 60.8 Å². The molecule has 0 radical (unpaired) electrons. The highest BCUT2D eigenvalue weighted by molar-refractivity contribution is 5.98. The van der Waals surface area contributed by atoms with Crippen LogP contribution in [-0.4, -0.2) is 10.5 Å². The zero-order valence-corrected chi connectivity index (χ0v) is 13.8. The van der Waals surface area contributed by atoms with Gasteiger partial charge in [-0.05, 0) is 23.3 Å². The van der Waals surface area contributed by atoms with Crippen molar-refractivity contribution in [2.75, 3.05) is 0 Å². The Morgan fingerprint density at radius 2 is 1.65 bits per heavy atom. The van der Waals surface area contributed by atoms with Crippen LogP contribution in [0.1, 0.15) is 36.7 Å². The molecule has 0 N–H and O–H groups in total. The van der Waals surface area contributed by atoms with Crippen molar-refractivity contribution in [3.63, 3.8) is 0 Å². The molecule has 116 valence electrons. The highest BCUT2D eigenvalue weighted by Gasteiger charge is 2.24. The Hall–Kier alpha value is -2.61. The molecular formula is C21H21NO. The van der Waals surface area contributed by atoms with Gasteiger partial charge in [0, 0.05) is 17.0 Å². The van der Waals surface area contributed by atoms with Gasteiger partial charge in [0.2, 0.25) is 5.91 Å². The van der Waals surface area contributed by atoms with E-state index >= 15 is 0 Å². The average molecular weight is 303 g/mol. The largest absolute Gasteiger partial charge is 0.287 e. The van der Waals surface area contributed by atoms with Crippen molar-refractivity contribution in [3.05, 3.63) is 71.9 Å². The summed E-state index contributed by atoms with van der Waals surface area (Å²) in [5.41, 5.74) is 2.84. The van der Waals surface area contributed by atoms with Crippen molar-refractivity contribution < 1.29 is 4.79 Å². The quantitative estimate of drug-likeness (QED) is 0.573. The molecule has 3 rings (SSSR count). The number of carbonyl (C=O) groups excluding carboxylic acids is 1. The summed E-state index contributed by atoms with van der Waals surface area (Å²) in [6.07, 6.45) is 6.07. The Morgan fingerprint density at radius 3 is 2.35 bits per heavy atom. The summed E-state index contributed by atoms with van der Waals surface area (Å²) >= 11 is 0. The van der Waals surface area contributed by atoms with Crippen LogP contribution < -0.4 is 0 Å². The van der Waals surface area contributed by atoms with E-state index < -0.39 is 5.41 Å². The molecule has 3 aromatic rings. The zero-order chi connectivity index (χ0) is 16.4. The van der Waals surface area contributed by atoms with Gasteiger partial charge < -0.3 is 0 Å². The van der Waals surface area contributed by atoms with E-state index in [9.17, 15) is 4.79 Å². The minimum atomic E-state index is -0.401. The lowest BCUT2D eigenvalue weighted by Gasteiger charge is -2.17. The van der Waals surface area contributed by atoms with Crippen molar-refractivity contribution in [2.45, 2.75) is 20.8 Å². The molecule has 0 amide bonds. The van der Waals surface area contributed by atoms with Crippen LogP contribution in [0.3, 0.4) is 0 Å². The van der Waals surface area contributed by atoms with Gasteiger partial charge in [-0.3, -0.25) is 9.36 Å². The molecule has 1 heterocycles. The fourth-order valence-corrected chi connectivity index (χ4v) is 2.63. The molecule has 0 atom stereocenters. The number of aromatic nitrogens is 1. The second-order valence-electron chi connectivity index (χ2n) is 6.76. The van der Waals surface area contributed by atoms with Crippen molar-refractivity contribution in [1.82, 2.24) is 4.57 Å². The predicted octanol–water partition coefficient (Wildman–Crippen LogP) is 5.50. The molecule has 0 aliphatic heterocycles. The maximum absolute atomic E-state index is 12.6. The van der Waals surface area contributed by atoms with Crippen molar-refractivity contribution in [3.8, 4) is 0 Å². The number of rotatable bonds is 2. The molecule has 0 saturated carbocycles. The average Bonchev–Trinajstić information content (AvgIpc) is 2.96. The fraction of sp³-hybridized carbons (Fsp3) is 0.190. The van der Waals surface area contributed by atoms with Crippen LogP contribution in [0, 0.1) is 5.41 Å². The monoisotopic (exact) mass is 303 g/mol. The van der Waals surface area contributed by atoms with Crippen LogP contribution in [0.4, 0.5) is 0 Å². The van der Waals surface area contributed by atoms with E-state index in [0.717, 1.165) is 22.0 Å². The van der Waals surface area contributed by atoms with E-state index in [1.165, 1.54) is 0 Å². The van der Waals surface area contributed by atoms with Crippen molar-refractivity contribution in [1.29, 1.82) is 0 Å². The lowest BCUT2D eigenvalue weighted by Crippen LogP contribution is -2.25. The van der Waals surface area contributed by atoms with E-state index in [0.29, 0.717) is 0 Å². The van der Waals surface area contributed by atoms with Gasteiger partial charge in [-0.2, -0.15) is 0 Å². The molecule has 1 aromatic heterocycles. The number of carbonyl (C=O) groups is 1. The summed E-state index contributed by atoms with van der Waals surface area (Å²) in [5, 5.41) is 1.09. The molecule has 0 fully saturated rings. The van der Waals surface area contributed by atoms with Crippen LogP contribution in [0.25, 0.3) is 23.1 Å². The maximum Gasteiger partial charge on any atom is 0.236 e. The van der Waals surface area contributed by atoms with Gasteiger partial charge >= 0.3 is 0 Å². The third-order valence-corrected chi connectivity index (χ3v) is 3.88. The zero-order valence-electron chi connectivity index (χ0n) is 13.8. The molecule has 23 heavy (non-hydrogen) atoms.